The van der Waals surface area contributed by atoms with Gasteiger partial charge in [0.15, 0.2) is 0 Å². The standard InChI is InChI=1S/C20H17F6NO3S3/c1-12-10-17(13(2)32-12)33(29,30)27(11-16-4-3-9-31-16)15-7-5-14(6-8-15)18(28,19(21,22)23)20(24,25)26/h3-10,28H,11H2,1-2H3. The number of halogens is 6. The van der Waals surface area contributed by atoms with Crippen molar-refractivity contribution in [1.29, 1.82) is 0 Å². The van der Waals surface area contributed by atoms with Crippen molar-refractivity contribution in [1.82, 2.24) is 0 Å². The van der Waals surface area contributed by atoms with E-state index in [2.05, 4.69) is 0 Å². The second-order valence-electron chi connectivity index (χ2n) is 7.12. The SMILES string of the molecule is Cc1cc(S(=O)(=O)N(Cc2cccs2)c2ccc(C(O)(C(F)(F)F)C(F)(F)F)cc2)c(C)s1. The molecule has 2 heterocycles. The molecule has 0 aliphatic rings. The molecule has 33 heavy (non-hydrogen) atoms. The fourth-order valence-corrected chi connectivity index (χ4v) is 6.94. The monoisotopic (exact) mass is 529 g/mol. The molecule has 13 heteroatoms. The third kappa shape index (κ3) is 4.63. The van der Waals surface area contributed by atoms with Crippen LogP contribution in [0.25, 0.3) is 0 Å². The Bertz CT molecular complexity index is 1200. The maximum atomic E-state index is 13.4. The lowest BCUT2D eigenvalue weighted by Crippen LogP contribution is -2.53. The average Bonchev–Trinajstić information content (AvgIpc) is 3.33. The number of hydrogen-bond acceptors (Lipinski definition) is 5. The lowest BCUT2D eigenvalue weighted by atomic mass is 9.92. The molecular weight excluding hydrogens is 512 g/mol. The first-order chi connectivity index (χ1) is 15.1. The molecule has 2 aromatic heterocycles. The molecular formula is C20H17F6NO3S3. The van der Waals surface area contributed by atoms with Gasteiger partial charge in [0.2, 0.25) is 0 Å². The zero-order chi connectivity index (χ0) is 24.8. The third-order valence-electron chi connectivity index (χ3n) is 4.84. The van der Waals surface area contributed by atoms with Crippen molar-refractivity contribution in [3.63, 3.8) is 0 Å². The number of alkyl halides is 6. The number of anilines is 1. The largest absolute Gasteiger partial charge is 0.430 e. The van der Waals surface area contributed by atoms with Crippen LogP contribution < -0.4 is 4.31 Å². The van der Waals surface area contributed by atoms with Crippen LogP contribution in [0.2, 0.25) is 0 Å². The zero-order valence-corrected chi connectivity index (χ0v) is 19.5. The molecule has 3 rings (SSSR count). The number of nitrogens with zero attached hydrogens (tertiary/aromatic N) is 1. The van der Waals surface area contributed by atoms with Gasteiger partial charge in [-0.15, -0.1) is 22.7 Å². The van der Waals surface area contributed by atoms with Crippen LogP contribution >= 0.6 is 22.7 Å². The molecule has 0 saturated heterocycles. The third-order valence-corrected chi connectivity index (χ3v) is 8.69. The first-order valence-corrected chi connectivity index (χ1v) is 12.3. The maximum Gasteiger partial charge on any atom is 0.430 e. The van der Waals surface area contributed by atoms with Gasteiger partial charge in [0.25, 0.3) is 15.6 Å². The van der Waals surface area contributed by atoms with Gasteiger partial charge in [0.1, 0.15) is 4.90 Å². The summed E-state index contributed by atoms with van der Waals surface area (Å²) < 4.78 is 107. The molecule has 180 valence electrons. The van der Waals surface area contributed by atoms with Crippen LogP contribution in [0, 0.1) is 13.8 Å². The van der Waals surface area contributed by atoms with Gasteiger partial charge in [-0.25, -0.2) is 8.42 Å². The van der Waals surface area contributed by atoms with E-state index in [1.54, 1.807) is 31.4 Å². The van der Waals surface area contributed by atoms with E-state index in [0.29, 0.717) is 21.9 Å². The van der Waals surface area contributed by atoms with Crippen LogP contribution in [-0.4, -0.2) is 25.9 Å². The highest BCUT2D eigenvalue weighted by Crippen LogP contribution is 2.50. The maximum absolute atomic E-state index is 13.4. The minimum atomic E-state index is -6.04. The van der Waals surface area contributed by atoms with Gasteiger partial charge >= 0.3 is 12.4 Å². The second-order valence-corrected chi connectivity index (χ2v) is 11.4. The molecule has 0 atom stereocenters. The van der Waals surface area contributed by atoms with Gasteiger partial charge in [0, 0.05) is 20.2 Å². The van der Waals surface area contributed by atoms with Gasteiger partial charge in [-0.05, 0) is 43.5 Å². The molecule has 0 spiro atoms. The number of aliphatic hydroxyl groups is 1. The van der Waals surface area contributed by atoms with Gasteiger partial charge < -0.3 is 5.11 Å². The molecule has 0 unspecified atom stereocenters. The number of hydrogen-bond donors (Lipinski definition) is 1. The van der Waals surface area contributed by atoms with E-state index in [1.165, 1.54) is 28.7 Å². The number of benzene rings is 1. The highest BCUT2D eigenvalue weighted by Gasteiger charge is 2.71. The molecule has 0 bridgehead atoms. The molecule has 1 N–H and O–H groups in total. The van der Waals surface area contributed by atoms with Crippen LogP contribution in [0.15, 0.2) is 52.7 Å². The Morgan fingerprint density at radius 3 is 1.97 bits per heavy atom. The van der Waals surface area contributed by atoms with Crippen LogP contribution in [0.5, 0.6) is 0 Å². The summed E-state index contributed by atoms with van der Waals surface area (Å²) in [6.07, 6.45) is -12.1. The summed E-state index contributed by atoms with van der Waals surface area (Å²) in [4.78, 5) is 1.81. The Kier molecular flexibility index (Phi) is 6.65. The first-order valence-electron chi connectivity index (χ1n) is 9.17. The Labute approximate surface area is 193 Å². The van der Waals surface area contributed by atoms with Crippen LogP contribution in [0.3, 0.4) is 0 Å². The molecule has 0 aliphatic carbocycles. The second kappa shape index (κ2) is 8.60. The molecule has 0 fully saturated rings. The average molecular weight is 530 g/mol. The summed E-state index contributed by atoms with van der Waals surface area (Å²) in [7, 11) is -4.20. The smallest absolute Gasteiger partial charge is 0.369 e. The molecule has 3 aromatic rings. The lowest BCUT2D eigenvalue weighted by molar-refractivity contribution is -0.376. The first kappa shape index (κ1) is 25.5. The molecule has 0 aliphatic heterocycles. The fraction of sp³-hybridized carbons (Fsp3) is 0.300. The predicted molar refractivity (Wildman–Crippen MR) is 114 cm³/mol. The number of thiophene rings is 2. The van der Waals surface area contributed by atoms with E-state index < -0.39 is 33.5 Å². The summed E-state index contributed by atoms with van der Waals surface area (Å²) in [5, 5.41) is 11.3. The summed E-state index contributed by atoms with van der Waals surface area (Å²) in [5.74, 6) is 0. The topological polar surface area (TPSA) is 57.6 Å². The number of aryl methyl sites for hydroxylation is 2. The van der Waals surface area contributed by atoms with Crippen molar-refractivity contribution < 1.29 is 39.9 Å². The van der Waals surface area contributed by atoms with Crippen molar-refractivity contribution in [2.45, 2.75) is 43.2 Å². The summed E-state index contributed by atoms with van der Waals surface area (Å²) in [5.41, 5.74) is -6.72. The van der Waals surface area contributed by atoms with Gasteiger partial charge in [0.05, 0.1) is 12.2 Å². The number of sulfonamides is 1. The Hall–Kier alpha value is -2.09. The summed E-state index contributed by atoms with van der Waals surface area (Å²) >= 11 is 2.48. The van der Waals surface area contributed by atoms with E-state index in [4.69, 9.17) is 0 Å². The van der Waals surface area contributed by atoms with Crippen molar-refractivity contribution in [3.05, 3.63) is 68.0 Å². The van der Waals surface area contributed by atoms with Crippen LogP contribution in [-0.2, 0) is 22.2 Å². The number of rotatable bonds is 6. The Morgan fingerprint density at radius 2 is 1.55 bits per heavy atom. The fourth-order valence-electron chi connectivity index (χ4n) is 3.20. The van der Waals surface area contributed by atoms with Crippen molar-refractivity contribution in [3.8, 4) is 0 Å². The van der Waals surface area contributed by atoms with E-state index in [0.717, 1.165) is 21.3 Å². The van der Waals surface area contributed by atoms with E-state index in [1.807, 2.05) is 0 Å². The summed E-state index contributed by atoms with van der Waals surface area (Å²) in [6, 6.07) is 7.28. The highest BCUT2D eigenvalue weighted by molar-refractivity contribution is 7.93. The minimum absolute atomic E-state index is 0.00674. The molecule has 0 amide bonds. The molecule has 0 saturated carbocycles. The predicted octanol–water partition coefficient (Wildman–Crippen LogP) is 6.13. The minimum Gasteiger partial charge on any atom is -0.369 e. The normalized spacial score (nSPS) is 13.4. The van der Waals surface area contributed by atoms with Gasteiger partial charge in [-0.2, -0.15) is 26.3 Å². The lowest BCUT2D eigenvalue weighted by Gasteiger charge is -2.33. The van der Waals surface area contributed by atoms with Crippen LogP contribution in [0.1, 0.15) is 20.2 Å². The van der Waals surface area contributed by atoms with E-state index in [-0.39, 0.29) is 17.1 Å². The van der Waals surface area contributed by atoms with Gasteiger partial charge in [-0.1, -0.05) is 18.2 Å². The molecule has 1 aromatic carbocycles. The van der Waals surface area contributed by atoms with Crippen LogP contribution in [0.4, 0.5) is 32.0 Å². The van der Waals surface area contributed by atoms with Crippen molar-refractivity contribution in [2.24, 2.45) is 0 Å². The Morgan fingerprint density at radius 1 is 0.970 bits per heavy atom. The Balaban J connectivity index is 2.12. The quantitative estimate of drug-likeness (QED) is 0.391. The van der Waals surface area contributed by atoms with Gasteiger partial charge in [-0.3, -0.25) is 4.31 Å². The van der Waals surface area contributed by atoms with Crippen molar-refractivity contribution in [2.75, 3.05) is 4.31 Å². The molecule has 4 nitrogen and oxygen atoms in total. The molecule has 0 radical (unpaired) electrons. The summed E-state index contributed by atoms with van der Waals surface area (Å²) in [6.45, 7) is 3.13. The van der Waals surface area contributed by atoms with E-state index >= 15 is 0 Å². The van der Waals surface area contributed by atoms with E-state index in [9.17, 15) is 39.9 Å². The highest BCUT2D eigenvalue weighted by atomic mass is 32.2. The zero-order valence-electron chi connectivity index (χ0n) is 17.0. The van der Waals surface area contributed by atoms with Crippen molar-refractivity contribution >= 4 is 38.4 Å².